The second-order valence-corrected chi connectivity index (χ2v) is 13.3. The van der Waals surface area contributed by atoms with Gasteiger partial charge >= 0.3 is 5.97 Å². The monoisotopic (exact) mass is 731 g/mol. The van der Waals surface area contributed by atoms with E-state index in [4.69, 9.17) is 9.47 Å². The third-order valence-electron chi connectivity index (χ3n) is 8.28. The van der Waals surface area contributed by atoms with Crippen LogP contribution in [0.2, 0.25) is 0 Å². The van der Waals surface area contributed by atoms with Gasteiger partial charge in [0.2, 0.25) is 0 Å². The Balaban J connectivity index is 3.62. The zero-order valence-electron chi connectivity index (χ0n) is 34.0. The van der Waals surface area contributed by atoms with Crippen molar-refractivity contribution in [1.29, 1.82) is 0 Å². The van der Waals surface area contributed by atoms with Crippen molar-refractivity contribution in [2.24, 2.45) is 0 Å². The van der Waals surface area contributed by atoms with Gasteiger partial charge in [-0.15, -0.1) is 0 Å². The second kappa shape index (κ2) is 44.9. The Morgan fingerprint density at radius 3 is 1.19 bits per heavy atom. The Labute approximate surface area is 327 Å². The molecule has 53 heavy (non-hydrogen) atoms. The Morgan fingerprint density at radius 2 is 0.792 bits per heavy atom. The fraction of sp³-hybridized carbons (Fsp3) is 0.571. The van der Waals surface area contributed by atoms with Crippen LogP contribution in [0.5, 0.6) is 0 Å². The van der Waals surface area contributed by atoms with E-state index in [1.807, 2.05) is 0 Å². The molecule has 0 amide bonds. The number of hydrogen-bond acceptors (Lipinski definition) is 4. The predicted octanol–water partition coefficient (Wildman–Crippen LogP) is 14.1. The zero-order valence-corrected chi connectivity index (χ0v) is 34.0. The number of aliphatic hydroxyl groups is 1. The molecule has 0 bridgehead atoms. The van der Waals surface area contributed by atoms with Crippen LogP contribution in [0.4, 0.5) is 0 Å². The van der Waals surface area contributed by atoms with Crippen molar-refractivity contribution in [2.45, 2.75) is 161 Å². The van der Waals surface area contributed by atoms with Gasteiger partial charge in [-0.1, -0.05) is 167 Å². The van der Waals surface area contributed by atoms with Crippen LogP contribution in [0.15, 0.2) is 122 Å². The highest BCUT2D eigenvalue weighted by Gasteiger charge is 2.13. The second-order valence-electron chi connectivity index (χ2n) is 13.3. The molecule has 0 saturated carbocycles. The Kier molecular flexibility index (Phi) is 42.2. The van der Waals surface area contributed by atoms with E-state index in [-0.39, 0.29) is 19.2 Å². The first-order valence-corrected chi connectivity index (χ1v) is 21.1. The van der Waals surface area contributed by atoms with Gasteiger partial charge in [-0.05, 0) is 103 Å². The third-order valence-corrected chi connectivity index (χ3v) is 8.28. The molecular formula is C49H78O4. The topological polar surface area (TPSA) is 55.8 Å². The van der Waals surface area contributed by atoms with Crippen molar-refractivity contribution in [2.75, 3.05) is 19.8 Å². The van der Waals surface area contributed by atoms with Gasteiger partial charge < -0.3 is 14.6 Å². The van der Waals surface area contributed by atoms with E-state index < -0.39 is 6.10 Å². The molecule has 0 aromatic rings. The largest absolute Gasteiger partial charge is 0.457 e. The van der Waals surface area contributed by atoms with Crippen LogP contribution in [0.3, 0.4) is 0 Å². The lowest BCUT2D eigenvalue weighted by molar-refractivity contribution is -0.154. The SMILES string of the molecule is CC/C=C\C/C=C\C/C=C\C/C=C\C/C=C\C/C=C\C/C=C\CCCCOCC(CO)OC(=O)CCCCCCCCC/C=C\C/C=C\C/C=C\CC. The average Bonchev–Trinajstić information content (AvgIpc) is 3.16. The molecule has 1 unspecified atom stereocenters. The van der Waals surface area contributed by atoms with Gasteiger partial charge in [-0.3, -0.25) is 4.79 Å². The van der Waals surface area contributed by atoms with Crippen molar-refractivity contribution in [3.05, 3.63) is 122 Å². The first-order valence-electron chi connectivity index (χ1n) is 21.1. The molecule has 0 radical (unpaired) electrons. The predicted molar refractivity (Wildman–Crippen MR) is 232 cm³/mol. The molecule has 0 aliphatic heterocycles. The number of ether oxygens (including phenoxy) is 2. The Bertz CT molecular complexity index is 1080. The molecule has 0 fully saturated rings. The maximum atomic E-state index is 12.2. The first-order chi connectivity index (χ1) is 26.2. The number of aliphatic hydroxyl groups excluding tert-OH is 1. The van der Waals surface area contributed by atoms with Crippen LogP contribution in [0.1, 0.15) is 155 Å². The highest BCUT2D eigenvalue weighted by atomic mass is 16.6. The molecule has 0 aliphatic carbocycles. The maximum Gasteiger partial charge on any atom is 0.306 e. The van der Waals surface area contributed by atoms with E-state index in [9.17, 15) is 9.90 Å². The standard InChI is InChI=1S/C49H78O4/c1-3-5-7-9-11-13-15-17-19-21-22-23-24-25-26-27-29-31-33-35-37-39-41-43-45-52-47-48(46-50)53-49(51)44-42-40-38-36-34-32-30-28-20-18-16-14-12-10-8-6-4-2/h5-8,11-14,17-20,22-23,25-26,29,31,35,37,48,50H,3-4,9-10,15-16,21,24,27-28,30,32-34,36,38-47H2,1-2H3/b7-5-,8-6-,13-11-,14-12-,19-17-,20-18-,23-22-,26-25-,31-29-,37-35-. The van der Waals surface area contributed by atoms with Crippen molar-refractivity contribution in [3.63, 3.8) is 0 Å². The number of allylic oxidation sites excluding steroid dienone is 20. The summed E-state index contributed by atoms with van der Waals surface area (Å²) in [4.78, 5) is 12.2. The summed E-state index contributed by atoms with van der Waals surface area (Å²) in [7, 11) is 0. The number of carbonyl (C=O) groups is 1. The van der Waals surface area contributed by atoms with Gasteiger partial charge in [0.05, 0.1) is 13.2 Å². The Hall–Kier alpha value is -3.21. The summed E-state index contributed by atoms with van der Waals surface area (Å²) in [5.74, 6) is -0.233. The molecule has 0 saturated heterocycles. The van der Waals surface area contributed by atoms with Crippen molar-refractivity contribution in [1.82, 2.24) is 0 Å². The van der Waals surface area contributed by atoms with Crippen LogP contribution in [0.25, 0.3) is 0 Å². The highest BCUT2D eigenvalue weighted by Crippen LogP contribution is 2.11. The lowest BCUT2D eigenvalue weighted by Crippen LogP contribution is -2.27. The highest BCUT2D eigenvalue weighted by molar-refractivity contribution is 5.69. The van der Waals surface area contributed by atoms with E-state index >= 15 is 0 Å². The van der Waals surface area contributed by atoms with Crippen molar-refractivity contribution in [3.8, 4) is 0 Å². The minimum atomic E-state index is -0.572. The van der Waals surface area contributed by atoms with Crippen molar-refractivity contribution >= 4 is 5.97 Å². The van der Waals surface area contributed by atoms with Gasteiger partial charge in [0.1, 0.15) is 6.10 Å². The van der Waals surface area contributed by atoms with E-state index in [2.05, 4.69) is 135 Å². The summed E-state index contributed by atoms with van der Waals surface area (Å²) in [6.07, 6.45) is 66.9. The summed E-state index contributed by atoms with van der Waals surface area (Å²) >= 11 is 0. The summed E-state index contributed by atoms with van der Waals surface area (Å²) < 4.78 is 11.1. The van der Waals surface area contributed by atoms with Crippen LogP contribution in [-0.2, 0) is 14.3 Å². The lowest BCUT2D eigenvalue weighted by Gasteiger charge is -2.15. The fourth-order valence-electron chi connectivity index (χ4n) is 5.20. The normalized spacial score (nSPS) is 13.6. The minimum absolute atomic E-state index is 0.203. The zero-order chi connectivity index (χ0) is 38.4. The van der Waals surface area contributed by atoms with Crippen LogP contribution < -0.4 is 0 Å². The van der Waals surface area contributed by atoms with E-state index in [0.717, 1.165) is 109 Å². The number of unbranched alkanes of at least 4 members (excludes halogenated alkanes) is 9. The molecule has 1 N–H and O–H groups in total. The third kappa shape index (κ3) is 43.1. The van der Waals surface area contributed by atoms with Crippen LogP contribution in [-0.4, -0.2) is 37.0 Å². The Morgan fingerprint density at radius 1 is 0.453 bits per heavy atom. The molecule has 0 spiro atoms. The summed E-state index contributed by atoms with van der Waals surface area (Å²) in [5.41, 5.74) is 0. The number of esters is 1. The van der Waals surface area contributed by atoms with E-state index in [1.54, 1.807) is 0 Å². The minimum Gasteiger partial charge on any atom is -0.457 e. The van der Waals surface area contributed by atoms with Gasteiger partial charge in [-0.2, -0.15) is 0 Å². The molecule has 0 aromatic heterocycles. The summed E-state index contributed by atoms with van der Waals surface area (Å²) in [6.45, 7) is 4.98. The molecule has 0 aliphatic rings. The molecule has 0 rings (SSSR count). The van der Waals surface area contributed by atoms with Crippen LogP contribution >= 0.6 is 0 Å². The van der Waals surface area contributed by atoms with Gasteiger partial charge in [0, 0.05) is 13.0 Å². The fourth-order valence-corrected chi connectivity index (χ4v) is 5.20. The molecular weight excluding hydrogens is 653 g/mol. The van der Waals surface area contributed by atoms with E-state index in [1.165, 1.54) is 25.7 Å². The lowest BCUT2D eigenvalue weighted by atomic mass is 10.1. The maximum absolute atomic E-state index is 12.2. The number of hydrogen-bond donors (Lipinski definition) is 1. The summed E-state index contributed by atoms with van der Waals surface area (Å²) in [6, 6.07) is 0. The summed E-state index contributed by atoms with van der Waals surface area (Å²) in [5, 5.41) is 9.60. The van der Waals surface area contributed by atoms with Crippen molar-refractivity contribution < 1.29 is 19.4 Å². The molecule has 1 atom stereocenters. The van der Waals surface area contributed by atoms with Gasteiger partial charge in [0.15, 0.2) is 0 Å². The first kappa shape index (κ1) is 49.8. The molecule has 298 valence electrons. The quantitative estimate of drug-likeness (QED) is 0.0393. The smallest absolute Gasteiger partial charge is 0.306 e. The average molecular weight is 731 g/mol. The van der Waals surface area contributed by atoms with E-state index in [0.29, 0.717) is 13.0 Å². The molecule has 4 heteroatoms. The molecule has 0 aromatic carbocycles. The number of carbonyl (C=O) groups excluding carboxylic acids is 1. The molecule has 4 nitrogen and oxygen atoms in total. The number of rotatable bonds is 37. The van der Waals surface area contributed by atoms with Gasteiger partial charge in [0.25, 0.3) is 0 Å². The molecule has 0 heterocycles. The van der Waals surface area contributed by atoms with Gasteiger partial charge in [-0.25, -0.2) is 0 Å². The van der Waals surface area contributed by atoms with Crippen LogP contribution in [0, 0.1) is 0 Å².